The van der Waals surface area contributed by atoms with Crippen molar-refractivity contribution in [1.29, 1.82) is 0 Å². The number of anilines is 1. The smallest absolute Gasteiger partial charge is 0.241 e. The molecular weight excluding hydrogens is 368 g/mol. The van der Waals surface area contributed by atoms with Gasteiger partial charge in [0.05, 0.1) is 19.8 Å². The Labute approximate surface area is 157 Å². The van der Waals surface area contributed by atoms with Gasteiger partial charge in [-0.2, -0.15) is 0 Å². The Morgan fingerprint density at radius 2 is 2.00 bits per heavy atom. The first-order valence-electron chi connectivity index (χ1n) is 8.31. The van der Waals surface area contributed by atoms with Gasteiger partial charge in [0, 0.05) is 16.6 Å². The Morgan fingerprint density at radius 1 is 1.22 bits per heavy atom. The summed E-state index contributed by atoms with van der Waals surface area (Å²) in [6.45, 7) is 2.06. The predicted octanol–water partition coefficient (Wildman–Crippen LogP) is 2.83. The maximum atomic E-state index is 12.4. The standard InChI is InChI=1S/C19H20N2O5S/c1-3-12-4-6-15-13(11-26-17(15)8-12)9-19(22)21-14-5-7-16(25-2)18(10-14)27(20,23)24/h4-8,10-11H,3,9H2,1-2H3,(H,21,22)(H2,20,23,24). The number of amides is 1. The van der Waals surface area contributed by atoms with E-state index in [4.69, 9.17) is 14.3 Å². The summed E-state index contributed by atoms with van der Waals surface area (Å²) in [5.74, 6) is -0.189. The number of nitrogens with one attached hydrogen (secondary N) is 1. The maximum absolute atomic E-state index is 12.4. The Hall–Kier alpha value is -2.84. The Bertz CT molecular complexity index is 1100. The fraction of sp³-hybridized carbons (Fsp3) is 0.211. The number of aryl methyl sites for hydroxylation is 1. The number of hydrogen-bond donors (Lipinski definition) is 2. The number of methoxy groups -OCH3 is 1. The second-order valence-electron chi connectivity index (χ2n) is 6.08. The summed E-state index contributed by atoms with van der Waals surface area (Å²) in [5, 5.41) is 8.75. The van der Waals surface area contributed by atoms with Crippen LogP contribution in [0.25, 0.3) is 11.0 Å². The quantitative estimate of drug-likeness (QED) is 0.674. The average molecular weight is 388 g/mol. The molecule has 3 rings (SSSR count). The minimum absolute atomic E-state index is 0.0925. The van der Waals surface area contributed by atoms with Gasteiger partial charge in [-0.25, -0.2) is 13.6 Å². The summed E-state index contributed by atoms with van der Waals surface area (Å²) in [5.41, 5.74) is 2.95. The van der Waals surface area contributed by atoms with Crippen molar-refractivity contribution in [3.05, 3.63) is 53.8 Å². The number of benzene rings is 2. The zero-order valence-corrected chi connectivity index (χ0v) is 15.8. The number of carbonyl (C=O) groups excluding carboxylic acids is 1. The number of fused-ring (bicyclic) bond motifs is 1. The van der Waals surface area contributed by atoms with Crippen molar-refractivity contribution < 1.29 is 22.4 Å². The van der Waals surface area contributed by atoms with E-state index in [9.17, 15) is 13.2 Å². The summed E-state index contributed by atoms with van der Waals surface area (Å²) < 4.78 is 33.9. The van der Waals surface area contributed by atoms with Gasteiger partial charge < -0.3 is 14.5 Å². The molecule has 3 N–H and O–H groups in total. The summed E-state index contributed by atoms with van der Waals surface area (Å²) in [4.78, 5) is 12.2. The number of carbonyl (C=O) groups is 1. The second kappa shape index (κ2) is 7.42. The number of primary sulfonamides is 1. The third kappa shape index (κ3) is 4.12. The van der Waals surface area contributed by atoms with Crippen LogP contribution in [0.4, 0.5) is 5.69 Å². The highest BCUT2D eigenvalue weighted by Crippen LogP contribution is 2.27. The highest BCUT2D eigenvalue weighted by molar-refractivity contribution is 7.89. The summed E-state index contributed by atoms with van der Waals surface area (Å²) in [6.07, 6.45) is 2.55. The van der Waals surface area contributed by atoms with E-state index in [1.165, 1.54) is 19.2 Å². The van der Waals surface area contributed by atoms with Gasteiger partial charge in [-0.3, -0.25) is 4.79 Å². The molecule has 27 heavy (non-hydrogen) atoms. The molecule has 0 aliphatic heterocycles. The third-order valence-corrected chi connectivity index (χ3v) is 5.17. The Kier molecular flexibility index (Phi) is 5.20. The summed E-state index contributed by atoms with van der Waals surface area (Å²) in [6, 6.07) is 10.2. The first kappa shape index (κ1) is 18.9. The van der Waals surface area contributed by atoms with E-state index in [0.29, 0.717) is 5.69 Å². The van der Waals surface area contributed by atoms with Crippen LogP contribution in [-0.2, 0) is 27.7 Å². The van der Waals surface area contributed by atoms with E-state index in [0.717, 1.165) is 28.5 Å². The van der Waals surface area contributed by atoms with Crippen LogP contribution < -0.4 is 15.2 Å². The van der Waals surface area contributed by atoms with Crippen LogP contribution in [0.3, 0.4) is 0 Å². The molecule has 7 nitrogen and oxygen atoms in total. The Balaban J connectivity index is 1.80. The normalized spacial score (nSPS) is 11.5. The zero-order valence-electron chi connectivity index (χ0n) is 15.0. The van der Waals surface area contributed by atoms with Crippen LogP contribution in [0.1, 0.15) is 18.1 Å². The van der Waals surface area contributed by atoms with Crippen molar-refractivity contribution in [2.24, 2.45) is 5.14 Å². The molecule has 0 spiro atoms. The topological polar surface area (TPSA) is 112 Å². The van der Waals surface area contributed by atoms with Crippen molar-refractivity contribution in [3.63, 3.8) is 0 Å². The number of ether oxygens (including phenoxy) is 1. The van der Waals surface area contributed by atoms with Crippen molar-refractivity contribution in [1.82, 2.24) is 0 Å². The highest BCUT2D eigenvalue weighted by atomic mass is 32.2. The van der Waals surface area contributed by atoms with Gasteiger partial charge >= 0.3 is 0 Å². The molecule has 0 aliphatic carbocycles. The predicted molar refractivity (Wildman–Crippen MR) is 102 cm³/mol. The fourth-order valence-corrected chi connectivity index (χ4v) is 3.56. The minimum atomic E-state index is -3.98. The fourth-order valence-electron chi connectivity index (χ4n) is 2.84. The van der Waals surface area contributed by atoms with Crippen molar-refractivity contribution in [2.45, 2.75) is 24.7 Å². The molecular formula is C19H20N2O5S. The van der Waals surface area contributed by atoms with Gasteiger partial charge in [0.1, 0.15) is 16.2 Å². The molecule has 1 amide bonds. The van der Waals surface area contributed by atoms with E-state index in [-0.39, 0.29) is 23.0 Å². The highest BCUT2D eigenvalue weighted by Gasteiger charge is 2.17. The van der Waals surface area contributed by atoms with E-state index >= 15 is 0 Å². The molecule has 0 unspecified atom stereocenters. The summed E-state index contributed by atoms with van der Waals surface area (Å²) >= 11 is 0. The number of sulfonamides is 1. The van der Waals surface area contributed by atoms with Gasteiger partial charge in [0.2, 0.25) is 15.9 Å². The lowest BCUT2D eigenvalue weighted by atomic mass is 10.1. The Morgan fingerprint density at radius 3 is 2.67 bits per heavy atom. The van der Waals surface area contributed by atoms with E-state index in [2.05, 4.69) is 12.2 Å². The summed E-state index contributed by atoms with van der Waals surface area (Å²) in [7, 11) is -2.64. The lowest BCUT2D eigenvalue weighted by molar-refractivity contribution is -0.115. The maximum Gasteiger partial charge on any atom is 0.241 e. The third-order valence-electron chi connectivity index (χ3n) is 4.23. The molecule has 142 valence electrons. The largest absolute Gasteiger partial charge is 0.495 e. The van der Waals surface area contributed by atoms with Crippen LogP contribution in [0.2, 0.25) is 0 Å². The number of nitrogens with two attached hydrogens (primary N) is 1. The molecule has 0 atom stereocenters. The van der Waals surface area contributed by atoms with E-state index in [1.54, 1.807) is 12.3 Å². The van der Waals surface area contributed by atoms with E-state index < -0.39 is 10.0 Å². The van der Waals surface area contributed by atoms with Gasteiger partial charge in [-0.1, -0.05) is 19.1 Å². The molecule has 2 aromatic carbocycles. The molecule has 1 heterocycles. The number of hydrogen-bond acceptors (Lipinski definition) is 5. The molecule has 0 saturated carbocycles. The first-order valence-corrected chi connectivity index (χ1v) is 9.86. The van der Waals surface area contributed by atoms with Crippen molar-refractivity contribution in [2.75, 3.05) is 12.4 Å². The number of rotatable bonds is 6. The second-order valence-corrected chi connectivity index (χ2v) is 7.61. The van der Waals surface area contributed by atoms with Crippen LogP contribution in [0.15, 0.2) is 52.0 Å². The van der Waals surface area contributed by atoms with Crippen LogP contribution in [0.5, 0.6) is 5.75 Å². The molecule has 0 aliphatic rings. The molecule has 3 aromatic rings. The van der Waals surface area contributed by atoms with Crippen LogP contribution in [0, 0.1) is 0 Å². The zero-order chi connectivity index (χ0) is 19.6. The molecule has 8 heteroatoms. The van der Waals surface area contributed by atoms with Crippen molar-refractivity contribution >= 4 is 32.6 Å². The average Bonchev–Trinajstić information content (AvgIpc) is 3.02. The SMILES string of the molecule is CCc1ccc2c(CC(=O)Nc3ccc(OC)c(S(N)(=O)=O)c3)coc2c1. The van der Waals surface area contributed by atoms with Crippen molar-refractivity contribution in [3.8, 4) is 5.75 Å². The molecule has 0 saturated heterocycles. The van der Waals surface area contributed by atoms with Gasteiger partial charge in [-0.05, 0) is 36.2 Å². The van der Waals surface area contributed by atoms with Crippen LogP contribution in [-0.4, -0.2) is 21.4 Å². The first-order chi connectivity index (χ1) is 12.8. The lowest BCUT2D eigenvalue weighted by Crippen LogP contribution is -2.17. The van der Waals surface area contributed by atoms with Gasteiger partial charge in [-0.15, -0.1) is 0 Å². The molecule has 0 fully saturated rings. The molecule has 1 aromatic heterocycles. The van der Waals surface area contributed by atoms with Crippen LogP contribution >= 0.6 is 0 Å². The monoisotopic (exact) mass is 388 g/mol. The van der Waals surface area contributed by atoms with E-state index in [1.807, 2.05) is 18.2 Å². The van der Waals surface area contributed by atoms with Gasteiger partial charge in [0.25, 0.3) is 0 Å². The lowest BCUT2D eigenvalue weighted by Gasteiger charge is -2.10. The van der Waals surface area contributed by atoms with Gasteiger partial charge in [0.15, 0.2) is 0 Å². The number of furan rings is 1. The molecule has 0 bridgehead atoms. The minimum Gasteiger partial charge on any atom is -0.495 e. The molecule has 0 radical (unpaired) electrons.